The van der Waals surface area contributed by atoms with E-state index < -0.39 is 11.9 Å². The van der Waals surface area contributed by atoms with E-state index in [1.54, 1.807) is 27.0 Å². The molecule has 0 fully saturated rings. The number of hydrogen-bond donors (Lipinski definition) is 3. The van der Waals surface area contributed by atoms with E-state index in [4.69, 9.17) is 0 Å². The van der Waals surface area contributed by atoms with Crippen LogP contribution in [0.2, 0.25) is 0 Å². The molecule has 0 saturated carbocycles. The van der Waals surface area contributed by atoms with Gasteiger partial charge in [0.25, 0.3) is 5.91 Å². The summed E-state index contributed by atoms with van der Waals surface area (Å²) in [5.74, 6) is 0.815. The molecule has 1 atom stereocenters. The predicted octanol–water partition coefficient (Wildman–Crippen LogP) is 3.25. The van der Waals surface area contributed by atoms with Gasteiger partial charge in [-0.15, -0.1) is 0 Å². The van der Waals surface area contributed by atoms with Crippen LogP contribution < -0.4 is 5.32 Å². The second-order valence-corrected chi connectivity index (χ2v) is 6.51. The standard InChI is InChI=1S/C18H19F3N6O/c1-9-13(6-12-4-5-14(22-7-12)18(19,20)21)8-23-15(9)17(28)24-10(2)16-25-11(3)26-27-16/h4-5,7-8,10,23H,6H2,1-3H3,(H,24,28)(H,25,26,27). The Morgan fingerprint density at radius 3 is 2.61 bits per heavy atom. The van der Waals surface area contributed by atoms with Crippen LogP contribution in [0.5, 0.6) is 0 Å². The average Bonchev–Trinajstić information content (AvgIpc) is 3.21. The number of alkyl halides is 3. The molecule has 0 spiro atoms. The molecule has 3 rings (SSSR count). The van der Waals surface area contributed by atoms with Crippen LogP contribution in [0, 0.1) is 13.8 Å². The number of aromatic amines is 2. The lowest BCUT2D eigenvalue weighted by molar-refractivity contribution is -0.141. The molecule has 0 aliphatic heterocycles. The van der Waals surface area contributed by atoms with Gasteiger partial charge in [-0.25, -0.2) is 4.98 Å². The van der Waals surface area contributed by atoms with Gasteiger partial charge in [0.2, 0.25) is 0 Å². The van der Waals surface area contributed by atoms with Crippen molar-refractivity contribution in [1.82, 2.24) is 30.5 Å². The first kappa shape index (κ1) is 19.6. The largest absolute Gasteiger partial charge is 0.433 e. The maximum absolute atomic E-state index is 12.6. The Balaban J connectivity index is 1.70. The Morgan fingerprint density at radius 1 is 1.29 bits per heavy atom. The first-order chi connectivity index (χ1) is 13.1. The lowest BCUT2D eigenvalue weighted by atomic mass is 10.0. The molecule has 3 aromatic heterocycles. The Bertz CT molecular complexity index is 974. The minimum absolute atomic E-state index is 0.316. The maximum Gasteiger partial charge on any atom is 0.433 e. The molecule has 0 aliphatic rings. The average molecular weight is 392 g/mol. The second kappa shape index (κ2) is 7.45. The van der Waals surface area contributed by atoms with Crippen molar-refractivity contribution >= 4 is 5.91 Å². The van der Waals surface area contributed by atoms with Crippen molar-refractivity contribution in [1.29, 1.82) is 0 Å². The van der Waals surface area contributed by atoms with E-state index in [0.29, 0.717) is 29.3 Å². The van der Waals surface area contributed by atoms with E-state index in [0.717, 1.165) is 17.2 Å². The lowest BCUT2D eigenvalue weighted by Crippen LogP contribution is -2.28. The molecule has 3 N–H and O–H groups in total. The Hall–Kier alpha value is -3.17. The fourth-order valence-electron chi connectivity index (χ4n) is 2.76. The molecule has 0 radical (unpaired) electrons. The maximum atomic E-state index is 12.6. The normalized spacial score (nSPS) is 12.8. The highest BCUT2D eigenvalue weighted by molar-refractivity contribution is 5.94. The molecule has 1 amide bonds. The summed E-state index contributed by atoms with van der Waals surface area (Å²) in [6.07, 6.45) is -1.24. The SMILES string of the molecule is Cc1nc(C(C)NC(=O)c2[nH]cc(Cc3ccc(C(F)(F)F)nc3)c2C)n[nH]1. The van der Waals surface area contributed by atoms with Gasteiger partial charge in [-0.1, -0.05) is 6.07 Å². The van der Waals surface area contributed by atoms with Gasteiger partial charge in [0, 0.05) is 18.8 Å². The zero-order valence-electron chi connectivity index (χ0n) is 15.5. The number of aromatic nitrogens is 5. The number of H-pyrrole nitrogens is 2. The smallest absolute Gasteiger partial charge is 0.357 e. The summed E-state index contributed by atoms with van der Waals surface area (Å²) in [6, 6.07) is 1.95. The summed E-state index contributed by atoms with van der Waals surface area (Å²) in [5.41, 5.74) is 1.59. The Labute approximate surface area is 158 Å². The third kappa shape index (κ3) is 4.21. The number of halogens is 3. The van der Waals surface area contributed by atoms with Crippen molar-refractivity contribution in [3.8, 4) is 0 Å². The molecule has 0 bridgehead atoms. The van der Waals surface area contributed by atoms with Crippen LogP contribution in [0.3, 0.4) is 0 Å². The summed E-state index contributed by atoms with van der Waals surface area (Å²) in [5, 5.41) is 9.56. The second-order valence-electron chi connectivity index (χ2n) is 6.51. The highest BCUT2D eigenvalue weighted by Crippen LogP contribution is 2.27. The summed E-state index contributed by atoms with van der Waals surface area (Å²) in [6.45, 7) is 5.32. The molecule has 148 valence electrons. The van der Waals surface area contributed by atoms with Gasteiger partial charge < -0.3 is 10.3 Å². The highest BCUT2D eigenvalue weighted by atomic mass is 19.4. The Kier molecular flexibility index (Phi) is 5.21. The summed E-state index contributed by atoms with van der Waals surface area (Å²) in [7, 11) is 0. The van der Waals surface area contributed by atoms with Gasteiger partial charge in [-0.05, 0) is 43.5 Å². The van der Waals surface area contributed by atoms with Crippen molar-refractivity contribution in [3.63, 3.8) is 0 Å². The monoisotopic (exact) mass is 392 g/mol. The topological polar surface area (TPSA) is 99.3 Å². The van der Waals surface area contributed by atoms with E-state index in [1.165, 1.54) is 12.3 Å². The number of amides is 1. The van der Waals surface area contributed by atoms with Crippen molar-refractivity contribution in [2.45, 2.75) is 39.4 Å². The zero-order valence-corrected chi connectivity index (χ0v) is 15.5. The van der Waals surface area contributed by atoms with Crippen molar-refractivity contribution in [2.75, 3.05) is 0 Å². The van der Waals surface area contributed by atoms with E-state index in [2.05, 4.69) is 30.5 Å². The third-order valence-electron chi connectivity index (χ3n) is 4.33. The molecule has 7 nitrogen and oxygen atoms in total. The molecule has 28 heavy (non-hydrogen) atoms. The minimum Gasteiger partial charge on any atom is -0.357 e. The fourth-order valence-corrected chi connectivity index (χ4v) is 2.76. The molecule has 0 aliphatic carbocycles. The number of aryl methyl sites for hydroxylation is 1. The predicted molar refractivity (Wildman–Crippen MR) is 94.6 cm³/mol. The van der Waals surface area contributed by atoms with E-state index in [-0.39, 0.29) is 11.9 Å². The number of pyridine rings is 1. The van der Waals surface area contributed by atoms with Crippen LogP contribution in [-0.2, 0) is 12.6 Å². The molecule has 0 aromatic carbocycles. The zero-order chi connectivity index (χ0) is 20.5. The van der Waals surface area contributed by atoms with E-state index >= 15 is 0 Å². The van der Waals surface area contributed by atoms with Crippen molar-refractivity contribution in [3.05, 3.63) is 64.3 Å². The van der Waals surface area contributed by atoms with E-state index in [1.807, 2.05) is 0 Å². The number of hydrogen-bond acceptors (Lipinski definition) is 4. The van der Waals surface area contributed by atoms with E-state index in [9.17, 15) is 18.0 Å². The van der Waals surface area contributed by atoms with Gasteiger partial charge in [-0.3, -0.25) is 14.9 Å². The quantitative estimate of drug-likeness (QED) is 0.621. The molecular formula is C18H19F3N6O. The van der Waals surface area contributed by atoms with Crippen LogP contribution in [-0.4, -0.2) is 31.1 Å². The number of carbonyl (C=O) groups excluding carboxylic acids is 1. The number of rotatable bonds is 5. The van der Waals surface area contributed by atoms with Crippen LogP contribution in [0.25, 0.3) is 0 Å². The molecule has 3 aromatic rings. The minimum atomic E-state index is -4.47. The molecule has 1 unspecified atom stereocenters. The first-order valence-electron chi connectivity index (χ1n) is 8.54. The number of nitrogens with one attached hydrogen (secondary N) is 3. The summed E-state index contributed by atoms with van der Waals surface area (Å²) >= 11 is 0. The molecule has 3 heterocycles. The van der Waals surface area contributed by atoms with Gasteiger partial charge in [-0.2, -0.15) is 18.3 Å². The van der Waals surface area contributed by atoms with Crippen LogP contribution >= 0.6 is 0 Å². The Morgan fingerprint density at radius 2 is 2.04 bits per heavy atom. The van der Waals surface area contributed by atoms with Crippen molar-refractivity contribution in [2.24, 2.45) is 0 Å². The molecular weight excluding hydrogens is 373 g/mol. The van der Waals surface area contributed by atoms with Crippen molar-refractivity contribution < 1.29 is 18.0 Å². The van der Waals surface area contributed by atoms with Gasteiger partial charge in [0.05, 0.1) is 6.04 Å². The molecule has 0 saturated heterocycles. The number of carbonyl (C=O) groups is 1. The first-order valence-corrected chi connectivity index (χ1v) is 8.54. The third-order valence-corrected chi connectivity index (χ3v) is 4.33. The fraction of sp³-hybridized carbons (Fsp3) is 0.333. The molecule has 10 heteroatoms. The summed E-state index contributed by atoms with van der Waals surface area (Å²) in [4.78, 5) is 23.1. The van der Waals surface area contributed by atoms with Crippen LogP contribution in [0.15, 0.2) is 24.5 Å². The van der Waals surface area contributed by atoms with Gasteiger partial charge in [0.1, 0.15) is 17.2 Å². The van der Waals surface area contributed by atoms with Crippen LogP contribution in [0.4, 0.5) is 13.2 Å². The summed E-state index contributed by atoms with van der Waals surface area (Å²) < 4.78 is 37.8. The van der Waals surface area contributed by atoms with Crippen LogP contribution in [0.1, 0.15) is 57.5 Å². The number of nitrogens with zero attached hydrogens (tertiary/aromatic N) is 3. The highest BCUT2D eigenvalue weighted by Gasteiger charge is 2.32. The van der Waals surface area contributed by atoms with Gasteiger partial charge >= 0.3 is 6.18 Å². The lowest BCUT2D eigenvalue weighted by Gasteiger charge is -2.10. The van der Waals surface area contributed by atoms with Gasteiger partial charge in [0.15, 0.2) is 5.82 Å².